The number of hydrogen-bond acceptors (Lipinski definition) is 7. The van der Waals surface area contributed by atoms with Gasteiger partial charge in [-0.05, 0) is 18.2 Å². The minimum absolute atomic E-state index is 0.0257. The molecule has 1 atom stereocenters. The molecule has 3 rings (SSSR count). The minimum Gasteiger partial charge on any atom is -0.442 e. The molecule has 2 amide bonds. The zero-order valence-electron chi connectivity index (χ0n) is 14.0. The predicted octanol–water partition coefficient (Wildman–Crippen LogP) is 0.581. The lowest BCUT2D eigenvalue weighted by Crippen LogP contribution is -2.35. The standard InChI is InChI=1S/C15H18FN3O6S/c1-10(20)19(22)8-12-7-18(15(21)25-12)11-2-3-14(13(16)6-11)17-4-5-26(23,24)9-17/h2-3,6,12,22H,4-5,7-9H2,1H3/t12-/m0/s1. The summed E-state index contributed by atoms with van der Waals surface area (Å²) in [6.07, 6.45) is -1.47. The molecule has 0 saturated carbocycles. The van der Waals surface area contributed by atoms with Crippen LogP contribution in [0.4, 0.5) is 20.6 Å². The van der Waals surface area contributed by atoms with Gasteiger partial charge in [0, 0.05) is 13.5 Å². The number of sulfone groups is 1. The molecule has 26 heavy (non-hydrogen) atoms. The van der Waals surface area contributed by atoms with Gasteiger partial charge in [-0.3, -0.25) is 14.9 Å². The quantitative estimate of drug-likeness (QED) is 0.595. The highest BCUT2D eigenvalue weighted by molar-refractivity contribution is 7.91. The molecule has 2 fully saturated rings. The lowest BCUT2D eigenvalue weighted by atomic mass is 10.2. The van der Waals surface area contributed by atoms with Crippen molar-refractivity contribution < 1.29 is 32.3 Å². The molecule has 0 aliphatic carbocycles. The molecule has 11 heteroatoms. The summed E-state index contributed by atoms with van der Waals surface area (Å²) in [6, 6.07) is 4.04. The normalized spacial score (nSPS) is 21.8. The van der Waals surface area contributed by atoms with E-state index in [0.29, 0.717) is 5.06 Å². The van der Waals surface area contributed by atoms with Crippen LogP contribution in [-0.4, -0.2) is 68.1 Å². The van der Waals surface area contributed by atoms with E-state index in [4.69, 9.17) is 4.74 Å². The number of nitrogens with zero attached hydrogens (tertiary/aromatic N) is 3. The van der Waals surface area contributed by atoms with E-state index >= 15 is 0 Å². The molecule has 2 aliphatic heterocycles. The fourth-order valence-electron chi connectivity index (χ4n) is 2.87. The van der Waals surface area contributed by atoms with Gasteiger partial charge in [0.25, 0.3) is 0 Å². The summed E-state index contributed by atoms with van der Waals surface area (Å²) in [6.45, 7) is 1.23. The predicted molar refractivity (Wildman–Crippen MR) is 89.2 cm³/mol. The Morgan fingerprint density at radius 3 is 2.77 bits per heavy atom. The molecule has 0 radical (unpaired) electrons. The lowest BCUT2D eigenvalue weighted by Gasteiger charge is -2.19. The van der Waals surface area contributed by atoms with Crippen LogP contribution in [0.2, 0.25) is 0 Å². The van der Waals surface area contributed by atoms with Gasteiger partial charge in [-0.15, -0.1) is 0 Å². The third-order valence-corrected chi connectivity index (χ3v) is 5.73. The largest absolute Gasteiger partial charge is 0.442 e. The molecule has 2 heterocycles. The van der Waals surface area contributed by atoms with Crippen molar-refractivity contribution in [3.63, 3.8) is 0 Å². The van der Waals surface area contributed by atoms with E-state index < -0.39 is 33.8 Å². The first-order chi connectivity index (χ1) is 12.2. The average molecular weight is 387 g/mol. The topological polar surface area (TPSA) is 107 Å². The molecule has 0 unspecified atom stereocenters. The maximum Gasteiger partial charge on any atom is 0.414 e. The maximum absolute atomic E-state index is 14.4. The van der Waals surface area contributed by atoms with Gasteiger partial charge in [0.05, 0.1) is 30.2 Å². The van der Waals surface area contributed by atoms with Crippen LogP contribution in [0, 0.1) is 5.82 Å². The number of carbonyl (C=O) groups excluding carboxylic acids is 2. The van der Waals surface area contributed by atoms with E-state index in [1.807, 2.05) is 0 Å². The van der Waals surface area contributed by atoms with Gasteiger partial charge in [0.1, 0.15) is 17.8 Å². The molecular weight excluding hydrogens is 369 g/mol. The number of halogens is 1. The number of amides is 2. The molecule has 9 nitrogen and oxygen atoms in total. The van der Waals surface area contributed by atoms with Gasteiger partial charge in [-0.2, -0.15) is 0 Å². The Morgan fingerprint density at radius 1 is 1.46 bits per heavy atom. The van der Waals surface area contributed by atoms with Gasteiger partial charge in [0.15, 0.2) is 9.84 Å². The summed E-state index contributed by atoms with van der Waals surface area (Å²) in [7, 11) is -3.20. The van der Waals surface area contributed by atoms with E-state index in [9.17, 15) is 27.6 Å². The van der Waals surface area contributed by atoms with Gasteiger partial charge in [0.2, 0.25) is 5.91 Å². The first kappa shape index (κ1) is 18.4. The number of ether oxygens (including phenoxy) is 1. The molecule has 142 valence electrons. The summed E-state index contributed by atoms with van der Waals surface area (Å²) in [5.41, 5.74) is 0.394. The first-order valence-electron chi connectivity index (χ1n) is 7.86. The Balaban J connectivity index is 1.73. The van der Waals surface area contributed by atoms with Crippen LogP contribution in [0.25, 0.3) is 0 Å². The van der Waals surface area contributed by atoms with Crippen molar-refractivity contribution in [3.05, 3.63) is 24.0 Å². The van der Waals surface area contributed by atoms with Crippen molar-refractivity contribution in [2.45, 2.75) is 13.0 Å². The second kappa shape index (κ2) is 6.72. The molecule has 0 aromatic heterocycles. The van der Waals surface area contributed by atoms with Crippen LogP contribution in [0.5, 0.6) is 0 Å². The maximum atomic E-state index is 14.4. The fourth-order valence-corrected chi connectivity index (χ4v) is 4.25. The SMILES string of the molecule is CC(=O)N(O)C[C@@H]1CN(c2ccc(N3CCS(=O)(=O)C3)c(F)c2)C(=O)O1. The van der Waals surface area contributed by atoms with Gasteiger partial charge in [-0.1, -0.05) is 0 Å². The van der Waals surface area contributed by atoms with Crippen LogP contribution in [-0.2, 0) is 19.4 Å². The highest BCUT2D eigenvalue weighted by Gasteiger charge is 2.35. The number of anilines is 2. The van der Waals surface area contributed by atoms with E-state index in [0.717, 1.165) is 6.07 Å². The van der Waals surface area contributed by atoms with Gasteiger partial charge >= 0.3 is 6.09 Å². The Morgan fingerprint density at radius 2 is 2.19 bits per heavy atom. The van der Waals surface area contributed by atoms with Crippen LogP contribution >= 0.6 is 0 Å². The van der Waals surface area contributed by atoms with Crippen molar-refractivity contribution in [3.8, 4) is 0 Å². The second-order valence-corrected chi connectivity index (χ2v) is 8.35. The molecule has 1 N–H and O–H groups in total. The molecular formula is C15H18FN3O6S. The Labute approximate surface area is 149 Å². The summed E-state index contributed by atoms with van der Waals surface area (Å²) in [5, 5.41) is 9.88. The zero-order chi connectivity index (χ0) is 19.1. The highest BCUT2D eigenvalue weighted by atomic mass is 32.2. The minimum atomic E-state index is -3.20. The summed E-state index contributed by atoms with van der Waals surface area (Å²) >= 11 is 0. The molecule has 2 aliphatic rings. The monoisotopic (exact) mass is 387 g/mol. The number of cyclic esters (lactones) is 1. The third-order valence-electron chi connectivity index (χ3n) is 4.22. The van der Waals surface area contributed by atoms with Crippen LogP contribution in [0.3, 0.4) is 0 Å². The number of hydrogen-bond donors (Lipinski definition) is 1. The molecule has 0 spiro atoms. The Bertz CT molecular complexity index is 846. The smallest absolute Gasteiger partial charge is 0.414 e. The molecule has 0 bridgehead atoms. The number of carbonyl (C=O) groups is 2. The number of hydroxylamine groups is 2. The molecule has 1 aromatic rings. The zero-order valence-corrected chi connectivity index (χ0v) is 14.8. The Hall–Kier alpha value is -2.40. The number of rotatable bonds is 4. The van der Waals surface area contributed by atoms with Gasteiger partial charge < -0.3 is 9.64 Å². The van der Waals surface area contributed by atoms with E-state index in [1.165, 1.54) is 28.9 Å². The third kappa shape index (κ3) is 3.73. The van der Waals surface area contributed by atoms with Crippen LogP contribution in [0.15, 0.2) is 18.2 Å². The van der Waals surface area contributed by atoms with E-state index in [1.54, 1.807) is 0 Å². The second-order valence-electron chi connectivity index (χ2n) is 6.19. The average Bonchev–Trinajstić information content (AvgIpc) is 3.09. The van der Waals surface area contributed by atoms with Gasteiger partial charge in [-0.25, -0.2) is 22.7 Å². The number of benzene rings is 1. The molecule has 2 saturated heterocycles. The fraction of sp³-hybridized carbons (Fsp3) is 0.467. The van der Waals surface area contributed by atoms with E-state index in [2.05, 4.69) is 0 Å². The highest BCUT2D eigenvalue weighted by Crippen LogP contribution is 2.29. The first-order valence-corrected chi connectivity index (χ1v) is 9.68. The van der Waals surface area contributed by atoms with Crippen molar-refractivity contribution in [2.24, 2.45) is 0 Å². The lowest BCUT2D eigenvalue weighted by molar-refractivity contribution is -0.166. The summed E-state index contributed by atoms with van der Waals surface area (Å²) in [4.78, 5) is 25.6. The summed E-state index contributed by atoms with van der Waals surface area (Å²) in [5.74, 6) is -1.50. The van der Waals surface area contributed by atoms with Crippen molar-refractivity contribution >= 4 is 33.2 Å². The Kier molecular flexibility index (Phi) is 4.76. The van der Waals surface area contributed by atoms with Crippen molar-refractivity contribution in [1.29, 1.82) is 0 Å². The van der Waals surface area contributed by atoms with Crippen molar-refractivity contribution in [2.75, 3.05) is 41.1 Å². The van der Waals surface area contributed by atoms with Crippen LogP contribution < -0.4 is 9.80 Å². The van der Waals surface area contributed by atoms with Crippen molar-refractivity contribution in [1.82, 2.24) is 5.06 Å². The van der Waals surface area contributed by atoms with Crippen LogP contribution in [0.1, 0.15) is 6.92 Å². The molecule has 1 aromatic carbocycles. The summed E-state index contributed by atoms with van der Waals surface area (Å²) < 4.78 is 42.6. The van der Waals surface area contributed by atoms with E-state index in [-0.39, 0.29) is 42.6 Å².